The number of rotatable bonds is 3. The topological polar surface area (TPSA) is 17.8 Å². The van der Waals surface area contributed by atoms with Crippen LogP contribution < -0.4 is 0 Å². The van der Waals surface area contributed by atoms with Gasteiger partial charge in [-0.25, -0.2) is 0 Å². The lowest BCUT2D eigenvalue weighted by Gasteiger charge is -2.30. The molecule has 2 nitrogen and oxygen atoms in total. The number of benzene rings is 10. The van der Waals surface area contributed by atoms with Crippen molar-refractivity contribution in [2.24, 2.45) is 0 Å². The zero-order valence-electron chi connectivity index (χ0n) is 33.7. The summed E-state index contributed by atoms with van der Waals surface area (Å²) in [6, 6.07) is 79.0. The first-order chi connectivity index (χ1) is 30.8. The lowest BCUT2D eigenvalue weighted by atomic mass is 9.70. The summed E-state index contributed by atoms with van der Waals surface area (Å²) >= 11 is 0. The van der Waals surface area contributed by atoms with Crippen LogP contribution in [0.1, 0.15) is 22.3 Å². The molecule has 10 aromatic carbocycles. The zero-order valence-corrected chi connectivity index (χ0v) is 33.7. The molecule has 2 heterocycles. The normalized spacial score (nSPS) is 14.8. The Kier molecular flexibility index (Phi) is 6.79. The fraction of sp³-hybridized carbons (Fsp3) is 0.0167. The quantitative estimate of drug-likeness (QED) is 0.163. The average molecular weight is 785 g/mol. The van der Waals surface area contributed by atoms with Crippen LogP contribution in [0.25, 0.3) is 104 Å². The van der Waals surface area contributed by atoms with E-state index in [-0.39, 0.29) is 0 Å². The van der Waals surface area contributed by atoms with Gasteiger partial charge in [0.05, 0.1) is 22.1 Å². The van der Waals surface area contributed by atoms with E-state index in [9.17, 15) is 0 Å². The number of aromatic nitrogens is 2. The summed E-state index contributed by atoms with van der Waals surface area (Å²) in [6.45, 7) is 0. The van der Waals surface area contributed by atoms with E-state index in [1.54, 1.807) is 0 Å². The molecule has 2 heteroatoms. The molecule has 0 saturated carbocycles. The summed E-state index contributed by atoms with van der Waals surface area (Å²) in [5, 5.41) is 10.0. The van der Waals surface area contributed by atoms with Crippen LogP contribution in [0.2, 0.25) is 0 Å². The van der Waals surface area contributed by atoms with Gasteiger partial charge in [-0.05, 0) is 130 Å². The summed E-state index contributed by atoms with van der Waals surface area (Å²) in [6.07, 6.45) is 1.96. The van der Waals surface area contributed by atoms with Crippen molar-refractivity contribution in [3.05, 3.63) is 241 Å². The van der Waals surface area contributed by atoms with Crippen molar-refractivity contribution >= 4 is 54.1 Å². The molecule has 1 atom stereocenters. The molecule has 62 heavy (non-hydrogen) atoms. The van der Waals surface area contributed by atoms with Crippen molar-refractivity contribution in [1.29, 1.82) is 0 Å². The maximum atomic E-state index is 5.19. The van der Waals surface area contributed by atoms with Crippen molar-refractivity contribution in [2.75, 3.05) is 0 Å². The molecule has 286 valence electrons. The largest absolute Gasteiger partial charge is 0.309 e. The SMILES string of the molecule is c1ccc(-n2c3ccccc3c3cc4c(cc32)C2(c3ccccc3-4)c3cc(-c4c5ccccc5c(-c5cccc6ccccc56)c5ccccc45)ccc3-c3ncccc32)cc1. The molecule has 2 aliphatic rings. The summed E-state index contributed by atoms with van der Waals surface area (Å²) in [4.78, 5) is 5.19. The van der Waals surface area contributed by atoms with Crippen LogP contribution in [0.15, 0.2) is 219 Å². The number of pyridine rings is 1. The van der Waals surface area contributed by atoms with Gasteiger partial charge in [0.1, 0.15) is 0 Å². The van der Waals surface area contributed by atoms with Gasteiger partial charge >= 0.3 is 0 Å². The Labute approximate surface area is 358 Å². The molecular formula is C60H36N2. The average Bonchev–Trinajstić information content (AvgIpc) is 3.93. The number of nitrogens with zero attached hydrogens (tertiary/aromatic N) is 2. The first-order valence-corrected chi connectivity index (χ1v) is 21.5. The van der Waals surface area contributed by atoms with Crippen molar-refractivity contribution in [3.8, 4) is 50.3 Å². The van der Waals surface area contributed by atoms with Crippen LogP contribution in [0.4, 0.5) is 0 Å². The minimum atomic E-state index is -0.582. The summed E-state index contributed by atoms with van der Waals surface area (Å²) in [5.74, 6) is 0. The van der Waals surface area contributed by atoms with Gasteiger partial charge in [-0.2, -0.15) is 0 Å². The van der Waals surface area contributed by atoms with E-state index in [0.717, 1.165) is 11.4 Å². The van der Waals surface area contributed by atoms with Gasteiger partial charge in [-0.1, -0.05) is 170 Å². The molecule has 0 amide bonds. The van der Waals surface area contributed by atoms with Gasteiger partial charge in [-0.15, -0.1) is 0 Å². The van der Waals surface area contributed by atoms with E-state index in [0.29, 0.717) is 0 Å². The Balaban J connectivity index is 1.09. The molecule has 2 aliphatic carbocycles. The highest BCUT2D eigenvalue weighted by Crippen LogP contribution is 2.63. The monoisotopic (exact) mass is 784 g/mol. The van der Waals surface area contributed by atoms with Crippen LogP contribution in [-0.2, 0) is 5.41 Å². The maximum Gasteiger partial charge on any atom is 0.0753 e. The Morgan fingerprint density at radius 2 is 0.952 bits per heavy atom. The van der Waals surface area contributed by atoms with E-state index in [1.807, 2.05) is 6.20 Å². The minimum Gasteiger partial charge on any atom is -0.309 e. The van der Waals surface area contributed by atoms with Gasteiger partial charge in [0.25, 0.3) is 0 Å². The lowest BCUT2D eigenvalue weighted by Crippen LogP contribution is -2.26. The predicted molar refractivity (Wildman–Crippen MR) is 258 cm³/mol. The predicted octanol–water partition coefficient (Wildman–Crippen LogP) is 15.3. The van der Waals surface area contributed by atoms with Gasteiger partial charge in [0, 0.05) is 28.2 Å². The molecular weight excluding hydrogens is 749 g/mol. The maximum absolute atomic E-state index is 5.19. The Morgan fingerprint density at radius 3 is 1.76 bits per heavy atom. The second-order valence-electron chi connectivity index (χ2n) is 16.9. The lowest BCUT2D eigenvalue weighted by molar-refractivity contribution is 0.792. The fourth-order valence-electron chi connectivity index (χ4n) is 11.6. The summed E-state index contributed by atoms with van der Waals surface area (Å²) in [7, 11) is 0. The molecule has 1 spiro atoms. The fourth-order valence-corrected chi connectivity index (χ4v) is 11.6. The molecule has 0 N–H and O–H groups in total. The minimum absolute atomic E-state index is 0.582. The molecule has 0 aliphatic heterocycles. The molecule has 0 fully saturated rings. The van der Waals surface area contributed by atoms with E-state index < -0.39 is 5.41 Å². The van der Waals surface area contributed by atoms with Crippen LogP contribution >= 0.6 is 0 Å². The third-order valence-electron chi connectivity index (χ3n) is 14.0. The van der Waals surface area contributed by atoms with Crippen LogP contribution in [0, 0.1) is 0 Å². The highest BCUT2D eigenvalue weighted by atomic mass is 15.0. The number of fused-ring (bicyclic) bond motifs is 16. The van der Waals surface area contributed by atoms with Crippen LogP contribution in [-0.4, -0.2) is 9.55 Å². The van der Waals surface area contributed by atoms with Gasteiger partial charge in [0.15, 0.2) is 0 Å². The van der Waals surface area contributed by atoms with Gasteiger partial charge in [0.2, 0.25) is 0 Å². The Hall–Kier alpha value is -8.07. The van der Waals surface area contributed by atoms with Crippen LogP contribution in [0.3, 0.4) is 0 Å². The Bertz CT molecular complexity index is 3810. The van der Waals surface area contributed by atoms with Gasteiger partial charge in [-0.3, -0.25) is 4.98 Å². The van der Waals surface area contributed by atoms with E-state index in [1.165, 1.54) is 115 Å². The van der Waals surface area contributed by atoms with Crippen molar-refractivity contribution in [2.45, 2.75) is 5.41 Å². The molecule has 14 rings (SSSR count). The molecule has 12 aromatic rings. The number of hydrogen-bond acceptors (Lipinski definition) is 1. The standard InChI is InChI=1S/C60H36N2/c1-2-18-39(19-3-1)62-55-30-13-11-22-42(55)50-35-49-41-21-10-12-28-51(41)60(54(49)36-56(50)62)52-29-15-33-61-59(52)48-32-31-38(34-53(48)60)57-44-23-6-8-25-46(44)58(47-26-9-7-24-45(47)57)43-27-14-17-37-16-4-5-20-40(37)43/h1-36H. The molecule has 0 saturated heterocycles. The number of para-hydroxylation sites is 2. The third kappa shape index (κ3) is 4.30. The molecule has 0 bridgehead atoms. The van der Waals surface area contributed by atoms with Crippen molar-refractivity contribution in [3.63, 3.8) is 0 Å². The zero-order chi connectivity index (χ0) is 40.5. The van der Waals surface area contributed by atoms with Crippen molar-refractivity contribution < 1.29 is 0 Å². The summed E-state index contributed by atoms with van der Waals surface area (Å²) < 4.78 is 2.45. The first kappa shape index (κ1) is 33.7. The van der Waals surface area contributed by atoms with E-state index >= 15 is 0 Å². The molecule has 2 aromatic heterocycles. The van der Waals surface area contributed by atoms with Crippen molar-refractivity contribution in [1.82, 2.24) is 9.55 Å². The summed E-state index contributed by atoms with van der Waals surface area (Å²) in [5.41, 5.74) is 17.9. The van der Waals surface area contributed by atoms with E-state index in [2.05, 4.69) is 217 Å². The molecule has 1 unspecified atom stereocenters. The molecule has 0 radical (unpaired) electrons. The first-order valence-electron chi connectivity index (χ1n) is 21.5. The van der Waals surface area contributed by atoms with Crippen LogP contribution in [0.5, 0.6) is 0 Å². The smallest absolute Gasteiger partial charge is 0.0753 e. The second-order valence-corrected chi connectivity index (χ2v) is 16.9. The Morgan fingerprint density at radius 1 is 0.339 bits per heavy atom. The highest BCUT2D eigenvalue weighted by Gasteiger charge is 2.52. The highest BCUT2D eigenvalue weighted by molar-refractivity contribution is 6.24. The van der Waals surface area contributed by atoms with Gasteiger partial charge < -0.3 is 4.57 Å². The van der Waals surface area contributed by atoms with E-state index in [4.69, 9.17) is 4.98 Å². The number of hydrogen-bond donors (Lipinski definition) is 0. The second kappa shape index (κ2) is 12.5. The third-order valence-corrected chi connectivity index (χ3v) is 14.0.